The highest BCUT2D eigenvalue weighted by atomic mass is 19.1. The number of hydrogen-bond acceptors (Lipinski definition) is 3. The van der Waals surface area contributed by atoms with E-state index in [4.69, 9.17) is 9.47 Å². The SMILES string of the molecule is Fc1ccc(NCCOCC2CCOCC2)cc1. The second-order valence-corrected chi connectivity index (χ2v) is 4.56. The maximum absolute atomic E-state index is 12.7. The van der Waals surface area contributed by atoms with Gasteiger partial charge in [0.25, 0.3) is 0 Å². The minimum atomic E-state index is -0.212. The van der Waals surface area contributed by atoms with E-state index in [9.17, 15) is 4.39 Å². The molecule has 0 unspecified atom stereocenters. The normalized spacial score (nSPS) is 16.7. The number of rotatable bonds is 6. The van der Waals surface area contributed by atoms with E-state index in [0.717, 1.165) is 44.9 Å². The summed E-state index contributed by atoms with van der Waals surface area (Å²) in [7, 11) is 0. The first kappa shape index (κ1) is 13.3. The Kier molecular flexibility index (Phi) is 5.42. The van der Waals surface area contributed by atoms with E-state index in [0.29, 0.717) is 12.5 Å². The van der Waals surface area contributed by atoms with Crippen LogP contribution in [0, 0.1) is 11.7 Å². The summed E-state index contributed by atoms with van der Waals surface area (Å²) in [6.07, 6.45) is 2.21. The van der Waals surface area contributed by atoms with Gasteiger partial charge in [-0.3, -0.25) is 0 Å². The van der Waals surface area contributed by atoms with Gasteiger partial charge in [0.15, 0.2) is 0 Å². The van der Waals surface area contributed by atoms with Crippen molar-refractivity contribution in [3.05, 3.63) is 30.1 Å². The van der Waals surface area contributed by atoms with Gasteiger partial charge in [-0.05, 0) is 43.0 Å². The molecule has 0 radical (unpaired) electrons. The molecule has 0 amide bonds. The zero-order valence-electron chi connectivity index (χ0n) is 10.5. The Morgan fingerprint density at radius 1 is 1.22 bits per heavy atom. The first-order valence-corrected chi connectivity index (χ1v) is 6.49. The molecule has 1 aliphatic rings. The van der Waals surface area contributed by atoms with E-state index < -0.39 is 0 Å². The standard InChI is InChI=1S/C14H20FNO2/c15-13-1-3-14(4-2-13)16-7-10-18-11-12-5-8-17-9-6-12/h1-4,12,16H,5-11H2. The second kappa shape index (κ2) is 7.34. The fourth-order valence-corrected chi connectivity index (χ4v) is 2.00. The molecule has 1 heterocycles. The fraction of sp³-hybridized carbons (Fsp3) is 0.571. The molecule has 0 spiro atoms. The topological polar surface area (TPSA) is 30.5 Å². The van der Waals surface area contributed by atoms with Gasteiger partial charge in [-0.2, -0.15) is 0 Å². The van der Waals surface area contributed by atoms with Crippen molar-refractivity contribution in [1.29, 1.82) is 0 Å². The lowest BCUT2D eigenvalue weighted by molar-refractivity contribution is 0.0231. The van der Waals surface area contributed by atoms with Crippen molar-refractivity contribution in [3.63, 3.8) is 0 Å². The molecule has 3 nitrogen and oxygen atoms in total. The summed E-state index contributed by atoms with van der Waals surface area (Å²) in [4.78, 5) is 0. The number of hydrogen-bond donors (Lipinski definition) is 1. The third-order valence-electron chi connectivity index (χ3n) is 3.11. The predicted octanol–water partition coefficient (Wildman–Crippen LogP) is 2.68. The quantitative estimate of drug-likeness (QED) is 0.791. The van der Waals surface area contributed by atoms with Crippen LogP contribution in [0.5, 0.6) is 0 Å². The van der Waals surface area contributed by atoms with Gasteiger partial charge < -0.3 is 14.8 Å². The third-order valence-corrected chi connectivity index (χ3v) is 3.11. The molecule has 2 rings (SSSR count). The van der Waals surface area contributed by atoms with Gasteiger partial charge in [-0.1, -0.05) is 0 Å². The largest absolute Gasteiger partial charge is 0.383 e. The molecule has 100 valence electrons. The summed E-state index contributed by atoms with van der Waals surface area (Å²) in [6.45, 7) is 3.96. The molecule has 1 fully saturated rings. The molecule has 18 heavy (non-hydrogen) atoms. The number of ether oxygens (including phenoxy) is 2. The molecule has 0 saturated carbocycles. The van der Waals surface area contributed by atoms with E-state index in [-0.39, 0.29) is 5.82 Å². The molecular formula is C14H20FNO2. The van der Waals surface area contributed by atoms with Crippen LogP contribution in [0.2, 0.25) is 0 Å². The van der Waals surface area contributed by atoms with Gasteiger partial charge in [0.05, 0.1) is 6.61 Å². The Morgan fingerprint density at radius 2 is 1.94 bits per heavy atom. The summed E-state index contributed by atoms with van der Waals surface area (Å²) >= 11 is 0. The van der Waals surface area contributed by atoms with E-state index in [1.165, 1.54) is 12.1 Å². The molecule has 1 saturated heterocycles. The molecule has 1 aromatic rings. The number of benzene rings is 1. The van der Waals surface area contributed by atoms with Gasteiger partial charge in [0.1, 0.15) is 5.82 Å². The summed E-state index contributed by atoms with van der Waals surface area (Å²) in [5.41, 5.74) is 0.922. The van der Waals surface area contributed by atoms with E-state index >= 15 is 0 Å². The number of anilines is 1. The van der Waals surface area contributed by atoms with Gasteiger partial charge in [-0.25, -0.2) is 4.39 Å². The van der Waals surface area contributed by atoms with Crippen molar-refractivity contribution in [1.82, 2.24) is 0 Å². The van der Waals surface area contributed by atoms with Gasteiger partial charge in [-0.15, -0.1) is 0 Å². The molecular weight excluding hydrogens is 233 g/mol. The second-order valence-electron chi connectivity index (χ2n) is 4.56. The van der Waals surface area contributed by atoms with Crippen LogP contribution in [-0.2, 0) is 9.47 Å². The minimum Gasteiger partial charge on any atom is -0.383 e. The molecule has 0 bridgehead atoms. The zero-order chi connectivity index (χ0) is 12.6. The average molecular weight is 253 g/mol. The Hall–Kier alpha value is -1.13. The molecule has 1 aromatic carbocycles. The number of nitrogens with one attached hydrogen (secondary N) is 1. The van der Waals surface area contributed by atoms with Crippen LogP contribution in [0.3, 0.4) is 0 Å². The monoisotopic (exact) mass is 253 g/mol. The van der Waals surface area contributed by atoms with Gasteiger partial charge in [0, 0.05) is 32.1 Å². The predicted molar refractivity (Wildman–Crippen MR) is 69.3 cm³/mol. The maximum atomic E-state index is 12.7. The van der Waals surface area contributed by atoms with Crippen molar-refractivity contribution in [3.8, 4) is 0 Å². The Labute approximate surface area is 107 Å². The zero-order valence-corrected chi connectivity index (χ0v) is 10.5. The van der Waals surface area contributed by atoms with E-state index in [1.807, 2.05) is 0 Å². The Bertz CT molecular complexity index is 336. The maximum Gasteiger partial charge on any atom is 0.123 e. The van der Waals surface area contributed by atoms with Gasteiger partial charge in [0.2, 0.25) is 0 Å². The van der Waals surface area contributed by atoms with E-state index in [1.54, 1.807) is 12.1 Å². The van der Waals surface area contributed by atoms with Crippen LogP contribution >= 0.6 is 0 Å². The lowest BCUT2D eigenvalue weighted by Crippen LogP contribution is -2.21. The van der Waals surface area contributed by atoms with Crippen LogP contribution in [0.4, 0.5) is 10.1 Å². The highest BCUT2D eigenvalue weighted by Gasteiger charge is 2.13. The minimum absolute atomic E-state index is 0.212. The van der Waals surface area contributed by atoms with Gasteiger partial charge >= 0.3 is 0 Å². The number of halogens is 1. The van der Waals surface area contributed by atoms with Crippen LogP contribution < -0.4 is 5.32 Å². The molecule has 1 N–H and O–H groups in total. The Morgan fingerprint density at radius 3 is 2.67 bits per heavy atom. The molecule has 0 aliphatic carbocycles. The van der Waals surface area contributed by atoms with E-state index in [2.05, 4.69) is 5.32 Å². The molecule has 4 heteroatoms. The van der Waals surface area contributed by atoms with Crippen LogP contribution in [0.25, 0.3) is 0 Å². The van der Waals surface area contributed by atoms with Crippen molar-refractivity contribution in [2.24, 2.45) is 5.92 Å². The third kappa shape index (κ3) is 4.63. The molecule has 1 aliphatic heterocycles. The molecule has 0 atom stereocenters. The summed E-state index contributed by atoms with van der Waals surface area (Å²) < 4.78 is 23.6. The highest BCUT2D eigenvalue weighted by molar-refractivity contribution is 5.42. The van der Waals surface area contributed by atoms with Crippen molar-refractivity contribution >= 4 is 5.69 Å². The lowest BCUT2D eigenvalue weighted by Gasteiger charge is -2.21. The van der Waals surface area contributed by atoms with Crippen molar-refractivity contribution in [2.75, 3.05) is 38.3 Å². The Balaban J connectivity index is 1.54. The first-order chi connectivity index (χ1) is 8.84. The molecule has 0 aromatic heterocycles. The summed E-state index contributed by atoms with van der Waals surface area (Å²) in [6, 6.07) is 6.36. The fourth-order valence-electron chi connectivity index (χ4n) is 2.00. The van der Waals surface area contributed by atoms with Crippen LogP contribution in [0.15, 0.2) is 24.3 Å². The summed E-state index contributed by atoms with van der Waals surface area (Å²) in [5, 5.41) is 3.19. The summed E-state index contributed by atoms with van der Waals surface area (Å²) in [5.74, 6) is 0.431. The first-order valence-electron chi connectivity index (χ1n) is 6.49. The van der Waals surface area contributed by atoms with Crippen molar-refractivity contribution in [2.45, 2.75) is 12.8 Å². The highest BCUT2D eigenvalue weighted by Crippen LogP contribution is 2.14. The smallest absolute Gasteiger partial charge is 0.123 e. The average Bonchev–Trinajstić information content (AvgIpc) is 2.42. The van der Waals surface area contributed by atoms with Crippen molar-refractivity contribution < 1.29 is 13.9 Å². The van der Waals surface area contributed by atoms with Crippen LogP contribution in [-0.4, -0.2) is 33.0 Å². The lowest BCUT2D eigenvalue weighted by atomic mass is 10.0. The van der Waals surface area contributed by atoms with Crippen LogP contribution in [0.1, 0.15) is 12.8 Å².